The summed E-state index contributed by atoms with van der Waals surface area (Å²) in [5, 5.41) is 12.9. The fraction of sp³-hybridized carbons (Fsp3) is 0.407. The molecule has 2 aromatic carbocycles. The van der Waals surface area contributed by atoms with Crippen LogP contribution in [-0.2, 0) is 11.2 Å². The van der Waals surface area contributed by atoms with E-state index in [1.807, 2.05) is 54.6 Å². The van der Waals surface area contributed by atoms with Gasteiger partial charge in [0.1, 0.15) is 5.69 Å². The lowest BCUT2D eigenvalue weighted by Gasteiger charge is -2.26. The molecule has 0 bridgehead atoms. The number of amides is 1. The van der Waals surface area contributed by atoms with E-state index in [1.54, 1.807) is 0 Å². The minimum atomic E-state index is -1.02. The molecule has 1 amide bonds. The second kappa shape index (κ2) is 12.5. The highest BCUT2D eigenvalue weighted by molar-refractivity contribution is 5.88. The first-order valence-corrected chi connectivity index (χ1v) is 11.9. The summed E-state index contributed by atoms with van der Waals surface area (Å²) in [4.78, 5) is 25.0. The van der Waals surface area contributed by atoms with Crippen molar-refractivity contribution in [3.63, 3.8) is 0 Å². The maximum Gasteiger partial charge on any atom is 0.243 e. The van der Waals surface area contributed by atoms with Crippen LogP contribution in [0.3, 0.4) is 0 Å². The van der Waals surface area contributed by atoms with Gasteiger partial charge >= 0.3 is 0 Å². The smallest absolute Gasteiger partial charge is 0.243 e. The Morgan fingerprint density at radius 2 is 1.58 bits per heavy atom. The van der Waals surface area contributed by atoms with E-state index < -0.39 is 5.92 Å². The SMILES string of the molecule is CCCCN(CCCC)c1nc2ccccc2nc1[C@H](C#N)C(=O)NCCc1ccccc1. The lowest BCUT2D eigenvalue weighted by Crippen LogP contribution is -2.34. The molecule has 0 aliphatic heterocycles. The predicted molar refractivity (Wildman–Crippen MR) is 133 cm³/mol. The second-order valence-corrected chi connectivity index (χ2v) is 8.20. The number of anilines is 1. The van der Waals surface area contributed by atoms with Crippen molar-refractivity contribution in [1.82, 2.24) is 15.3 Å². The number of benzene rings is 2. The molecule has 0 unspecified atom stereocenters. The molecule has 33 heavy (non-hydrogen) atoms. The highest BCUT2D eigenvalue weighted by Gasteiger charge is 2.28. The predicted octanol–water partition coefficient (Wildman–Crippen LogP) is 5.00. The third kappa shape index (κ3) is 6.52. The van der Waals surface area contributed by atoms with Crippen molar-refractivity contribution >= 4 is 22.8 Å². The van der Waals surface area contributed by atoms with Crippen LogP contribution in [0.15, 0.2) is 54.6 Å². The van der Waals surface area contributed by atoms with Gasteiger partial charge in [-0.15, -0.1) is 0 Å². The van der Waals surface area contributed by atoms with Gasteiger partial charge in [0.15, 0.2) is 11.7 Å². The zero-order chi connectivity index (χ0) is 23.5. The van der Waals surface area contributed by atoms with Crippen LogP contribution in [0.5, 0.6) is 0 Å². The summed E-state index contributed by atoms with van der Waals surface area (Å²) in [5.74, 6) is -0.691. The molecule has 0 radical (unpaired) electrons. The first-order chi connectivity index (χ1) is 16.2. The molecule has 3 rings (SSSR count). The summed E-state index contributed by atoms with van der Waals surface area (Å²) in [6, 6.07) is 19.8. The van der Waals surface area contributed by atoms with Gasteiger partial charge in [-0.2, -0.15) is 5.26 Å². The Labute approximate surface area is 196 Å². The maximum atomic E-state index is 13.1. The molecular formula is C27H33N5O. The fourth-order valence-electron chi connectivity index (χ4n) is 3.77. The summed E-state index contributed by atoms with van der Waals surface area (Å²) in [6.45, 7) is 6.42. The van der Waals surface area contributed by atoms with Gasteiger partial charge in [-0.25, -0.2) is 9.97 Å². The molecule has 0 saturated heterocycles. The van der Waals surface area contributed by atoms with Crippen molar-refractivity contribution in [3.05, 3.63) is 65.9 Å². The Bertz CT molecular complexity index is 1070. The number of para-hydroxylation sites is 2. The number of rotatable bonds is 12. The average molecular weight is 444 g/mol. The van der Waals surface area contributed by atoms with Crippen LogP contribution in [0.2, 0.25) is 0 Å². The lowest BCUT2D eigenvalue weighted by molar-refractivity contribution is -0.121. The van der Waals surface area contributed by atoms with E-state index in [2.05, 4.69) is 30.1 Å². The first-order valence-electron chi connectivity index (χ1n) is 11.9. The van der Waals surface area contributed by atoms with Crippen molar-refractivity contribution in [2.45, 2.75) is 51.9 Å². The maximum absolute atomic E-state index is 13.1. The lowest BCUT2D eigenvalue weighted by atomic mass is 10.0. The molecule has 1 aromatic heterocycles. The quantitative estimate of drug-likeness (QED) is 0.426. The summed E-state index contributed by atoms with van der Waals surface area (Å²) in [5.41, 5.74) is 3.05. The van der Waals surface area contributed by atoms with E-state index >= 15 is 0 Å². The minimum Gasteiger partial charge on any atom is -0.355 e. The van der Waals surface area contributed by atoms with Gasteiger partial charge in [-0.1, -0.05) is 69.2 Å². The number of carbonyl (C=O) groups excluding carboxylic acids is 1. The first kappa shape index (κ1) is 24.2. The molecule has 0 saturated carbocycles. The number of nitrogens with zero attached hydrogens (tertiary/aromatic N) is 4. The molecule has 0 fully saturated rings. The molecule has 0 aliphatic rings. The Hall–Kier alpha value is -3.46. The molecule has 1 heterocycles. The molecule has 6 heteroatoms. The van der Waals surface area contributed by atoms with Crippen molar-refractivity contribution in [1.29, 1.82) is 5.26 Å². The van der Waals surface area contributed by atoms with Crippen molar-refractivity contribution < 1.29 is 4.79 Å². The highest BCUT2D eigenvalue weighted by atomic mass is 16.1. The Morgan fingerprint density at radius 3 is 2.18 bits per heavy atom. The zero-order valence-corrected chi connectivity index (χ0v) is 19.6. The van der Waals surface area contributed by atoms with Gasteiger partial charge < -0.3 is 10.2 Å². The number of nitrogens with one attached hydrogen (secondary N) is 1. The van der Waals surface area contributed by atoms with E-state index in [0.29, 0.717) is 30.0 Å². The fourth-order valence-corrected chi connectivity index (χ4v) is 3.77. The van der Waals surface area contributed by atoms with Crippen LogP contribution in [0.1, 0.15) is 56.7 Å². The van der Waals surface area contributed by atoms with Gasteiger partial charge in [-0.3, -0.25) is 4.79 Å². The minimum absolute atomic E-state index is 0.329. The molecule has 6 nitrogen and oxygen atoms in total. The van der Waals surface area contributed by atoms with E-state index in [9.17, 15) is 10.1 Å². The van der Waals surface area contributed by atoms with Crippen LogP contribution in [-0.4, -0.2) is 35.5 Å². The number of carbonyl (C=O) groups is 1. The van der Waals surface area contributed by atoms with Crippen LogP contribution in [0, 0.1) is 11.3 Å². The number of nitriles is 1. The molecule has 0 spiro atoms. The topological polar surface area (TPSA) is 81.9 Å². The van der Waals surface area contributed by atoms with Gasteiger partial charge in [-0.05, 0) is 37.0 Å². The van der Waals surface area contributed by atoms with Crippen LogP contribution in [0.4, 0.5) is 5.82 Å². The van der Waals surface area contributed by atoms with Gasteiger partial charge in [0.05, 0.1) is 17.1 Å². The molecule has 172 valence electrons. The van der Waals surface area contributed by atoms with Gasteiger partial charge in [0.2, 0.25) is 5.91 Å². The molecule has 3 aromatic rings. The molecular weight excluding hydrogens is 410 g/mol. The number of aromatic nitrogens is 2. The van der Waals surface area contributed by atoms with E-state index in [1.165, 1.54) is 0 Å². The number of hydrogen-bond acceptors (Lipinski definition) is 5. The molecule has 0 aliphatic carbocycles. The summed E-state index contributed by atoms with van der Waals surface area (Å²) < 4.78 is 0. The Morgan fingerprint density at radius 1 is 0.970 bits per heavy atom. The van der Waals surface area contributed by atoms with Crippen LogP contribution < -0.4 is 10.2 Å². The van der Waals surface area contributed by atoms with Crippen molar-refractivity contribution in [3.8, 4) is 6.07 Å². The molecule has 1 atom stereocenters. The highest BCUT2D eigenvalue weighted by Crippen LogP contribution is 2.28. The largest absolute Gasteiger partial charge is 0.355 e. The zero-order valence-electron chi connectivity index (χ0n) is 19.6. The van der Waals surface area contributed by atoms with Gasteiger partial charge in [0, 0.05) is 19.6 Å². The van der Waals surface area contributed by atoms with Crippen LogP contribution in [0.25, 0.3) is 11.0 Å². The normalized spacial score (nSPS) is 11.7. The number of hydrogen-bond donors (Lipinski definition) is 1. The monoisotopic (exact) mass is 443 g/mol. The van der Waals surface area contributed by atoms with E-state index in [0.717, 1.165) is 49.9 Å². The van der Waals surface area contributed by atoms with Crippen molar-refractivity contribution in [2.24, 2.45) is 0 Å². The second-order valence-electron chi connectivity index (χ2n) is 8.20. The summed E-state index contributed by atoms with van der Waals surface area (Å²) >= 11 is 0. The third-order valence-electron chi connectivity index (χ3n) is 5.66. The van der Waals surface area contributed by atoms with Gasteiger partial charge in [0.25, 0.3) is 0 Å². The molecule has 1 N–H and O–H groups in total. The summed E-state index contributed by atoms with van der Waals surface area (Å²) in [6.07, 6.45) is 4.84. The van der Waals surface area contributed by atoms with E-state index in [-0.39, 0.29) is 5.91 Å². The van der Waals surface area contributed by atoms with E-state index in [4.69, 9.17) is 9.97 Å². The van der Waals surface area contributed by atoms with Crippen molar-refractivity contribution in [2.75, 3.05) is 24.5 Å². The summed E-state index contributed by atoms with van der Waals surface area (Å²) in [7, 11) is 0. The standard InChI is InChI=1S/C27H33N5O/c1-3-5-18-32(19-6-4-2)26-25(30-23-14-10-11-15-24(23)31-26)22(20-28)27(33)29-17-16-21-12-8-7-9-13-21/h7-15,22H,3-6,16-19H2,1-2H3,(H,29,33)/t22-/m0/s1. The van der Waals surface area contributed by atoms with Crippen LogP contribution >= 0.6 is 0 Å². The number of unbranched alkanes of at least 4 members (excludes halogenated alkanes) is 2. The Balaban J connectivity index is 1.90. The number of fused-ring (bicyclic) bond motifs is 1. The third-order valence-corrected chi connectivity index (χ3v) is 5.66. The average Bonchev–Trinajstić information content (AvgIpc) is 2.85. The Kier molecular flexibility index (Phi) is 9.19.